The van der Waals surface area contributed by atoms with Crippen LogP contribution in [0.15, 0.2) is 36.8 Å². The van der Waals surface area contributed by atoms with E-state index < -0.39 is 17.0 Å². The number of piperidine rings is 1. The highest BCUT2D eigenvalue weighted by atomic mass is 19.1. The third-order valence-corrected chi connectivity index (χ3v) is 7.07. The monoisotopic (exact) mass is 491 g/mol. The van der Waals surface area contributed by atoms with Gasteiger partial charge >= 0.3 is 0 Å². The number of hydrogen-bond acceptors (Lipinski definition) is 7. The van der Waals surface area contributed by atoms with E-state index in [1.807, 2.05) is 7.05 Å². The molecule has 0 spiro atoms. The van der Waals surface area contributed by atoms with Crippen molar-refractivity contribution in [3.63, 3.8) is 0 Å². The second-order valence-electron chi connectivity index (χ2n) is 9.53. The van der Waals surface area contributed by atoms with E-state index in [0.717, 1.165) is 19.0 Å². The highest BCUT2D eigenvalue weighted by Crippen LogP contribution is 2.58. The summed E-state index contributed by atoms with van der Waals surface area (Å²) in [4.78, 5) is 28.8. The molecule has 0 radical (unpaired) electrons. The summed E-state index contributed by atoms with van der Waals surface area (Å²) in [6.07, 6.45) is 3.92. The molecule has 1 aliphatic heterocycles. The van der Waals surface area contributed by atoms with Gasteiger partial charge in [0.1, 0.15) is 34.9 Å². The molecule has 6 rings (SSSR count). The summed E-state index contributed by atoms with van der Waals surface area (Å²) in [5, 5.41) is 7.36. The highest BCUT2D eigenvalue weighted by Gasteiger charge is 2.64. The van der Waals surface area contributed by atoms with E-state index >= 15 is 0 Å². The molecular formula is C25H23F2N7O2. The van der Waals surface area contributed by atoms with Crippen molar-refractivity contribution in [2.75, 3.05) is 32.6 Å². The van der Waals surface area contributed by atoms with Crippen LogP contribution >= 0.6 is 0 Å². The number of fused-ring (bicyclic) bond motifs is 2. The Bertz CT molecular complexity index is 1540. The molecule has 0 bridgehead atoms. The number of amides is 1. The van der Waals surface area contributed by atoms with Gasteiger partial charge in [0.05, 0.1) is 18.0 Å². The molecule has 2 atom stereocenters. The number of aromatic nitrogens is 5. The third kappa shape index (κ3) is 3.49. The number of methoxy groups -OCH3 is 1. The van der Waals surface area contributed by atoms with Crippen LogP contribution in [0, 0.1) is 23.0 Å². The van der Waals surface area contributed by atoms with Gasteiger partial charge in [0.2, 0.25) is 5.91 Å². The smallest absolute Gasteiger partial charge is 0.233 e. The summed E-state index contributed by atoms with van der Waals surface area (Å²) >= 11 is 0. The normalized spacial score (nSPS) is 21.0. The summed E-state index contributed by atoms with van der Waals surface area (Å²) in [7, 11) is 5.21. The Labute approximate surface area is 205 Å². The van der Waals surface area contributed by atoms with E-state index in [4.69, 9.17) is 9.72 Å². The summed E-state index contributed by atoms with van der Waals surface area (Å²) < 4.78 is 35.2. The fourth-order valence-electron chi connectivity index (χ4n) is 5.27. The number of nitrogens with one attached hydrogen (secondary N) is 1. The fraction of sp³-hybridized carbons (Fsp3) is 0.320. The van der Waals surface area contributed by atoms with Gasteiger partial charge in [-0.05, 0) is 31.5 Å². The van der Waals surface area contributed by atoms with Gasteiger partial charge in [0.15, 0.2) is 11.6 Å². The Balaban J connectivity index is 1.46. The fourth-order valence-corrected chi connectivity index (χ4v) is 5.27. The zero-order valence-corrected chi connectivity index (χ0v) is 19.9. The molecule has 36 heavy (non-hydrogen) atoms. The van der Waals surface area contributed by atoms with Crippen LogP contribution in [0.25, 0.3) is 33.5 Å². The summed E-state index contributed by atoms with van der Waals surface area (Å²) in [6, 6.07) is 5.01. The number of anilines is 1. The molecule has 0 unspecified atom stereocenters. The number of carbonyl (C=O) groups excluding carboxylic acids is 1. The average Bonchev–Trinajstić information content (AvgIpc) is 3.21. The molecule has 4 aromatic rings. The van der Waals surface area contributed by atoms with Crippen LogP contribution < -0.4 is 10.1 Å². The number of likely N-dealkylation sites (tertiary alicyclic amines) is 1. The van der Waals surface area contributed by atoms with Crippen molar-refractivity contribution in [3.05, 3.63) is 48.4 Å². The van der Waals surface area contributed by atoms with Gasteiger partial charge in [-0.1, -0.05) is 0 Å². The second kappa shape index (κ2) is 8.02. The van der Waals surface area contributed by atoms with Crippen molar-refractivity contribution in [1.82, 2.24) is 29.6 Å². The van der Waals surface area contributed by atoms with Gasteiger partial charge < -0.3 is 15.0 Å². The molecule has 2 aliphatic rings. The lowest BCUT2D eigenvalue weighted by atomic mass is 10.0. The predicted molar refractivity (Wildman–Crippen MR) is 128 cm³/mol. The zero-order valence-electron chi connectivity index (χ0n) is 19.9. The van der Waals surface area contributed by atoms with Crippen molar-refractivity contribution in [1.29, 1.82) is 0 Å². The zero-order chi connectivity index (χ0) is 25.2. The molecule has 184 valence electrons. The molecule has 1 saturated carbocycles. The van der Waals surface area contributed by atoms with Crippen molar-refractivity contribution in [3.8, 4) is 28.3 Å². The molecule has 1 N–H and O–H groups in total. The number of pyridine rings is 1. The van der Waals surface area contributed by atoms with Gasteiger partial charge in [0.25, 0.3) is 0 Å². The summed E-state index contributed by atoms with van der Waals surface area (Å²) in [6.45, 7) is 1.60. The van der Waals surface area contributed by atoms with Crippen molar-refractivity contribution in [2.24, 2.45) is 18.4 Å². The number of nitrogens with zero attached hydrogens (tertiary/aromatic N) is 6. The van der Waals surface area contributed by atoms with Crippen LogP contribution in [0.4, 0.5) is 14.6 Å². The predicted octanol–water partition coefficient (Wildman–Crippen LogP) is 3.27. The van der Waals surface area contributed by atoms with Gasteiger partial charge in [-0.2, -0.15) is 5.10 Å². The Morgan fingerprint density at radius 1 is 1.17 bits per heavy atom. The Morgan fingerprint density at radius 2 is 2.00 bits per heavy atom. The van der Waals surface area contributed by atoms with Gasteiger partial charge in [-0.15, -0.1) is 0 Å². The van der Waals surface area contributed by atoms with E-state index in [2.05, 4.69) is 25.3 Å². The van der Waals surface area contributed by atoms with E-state index in [1.165, 1.54) is 30.3 Å². The first kappa shape index (κ1) is 22.5. The van der Waals surface area contributed by atoms with Gasteiger partial charge in [-0.3, -0.25) is 9.48 Å². The quantitative estimate of drug-likeness (QED) is 0.458. The minimum atomic E-state index is -0.740. The SMILES string of the molecule is COc1cc2ncnc(-c3cn(C)nc3-c3ccc(F)cc3F)c2nc1NC(=O)[C@]12C[C@H]1CN(C)C2. The number of ether oxygens (including phenoxy) is 1. The number of aryl methyl sites for hydroxylation is 1. The van der Waals surface area contributed by atoms with Crippen LogP contribution in [-0.4, -0.2) is 62.8 Å². The van der Waals surface area contributed by atoms with E-state index in [9.17, 15) is 13.6 Å². The molecular weight excluding hydrogens is 468 g/mol. The van der Waals surface area contributed by atoms with Crippen LogP contribution in [-0.2, 0) is 11.8 Å². The topological polar surface area (TPSA) is 98.1 Å². The maximum atomic E-state index is 14.7. The lowest BCUT2D eigenvalue weighted by Crippen LogP contribution is -2.31. The minimum Gasteiger partial charge on any atom is -0.493 e. The van der Waals surface area contributed by atoms with E-state index in [1.54, 1.807) is 19.3 Å². The molecule has 4 heterocycles. The van der Waals surface area contributed by atoms with Crippen LogP contribution in [0.3, 0.4) is 0 Å². The molecule has 1 aromatic carbocycles. The standard InChI is InChI=1S/C25H23F2N7O2/c1-33-9-13-8-25(13,11-33)24(35)31-23-19(36-3)7-18-22(30-23)21(29-12-28-18)16-10-34(2)32-20(16)15-5-4-14(26)6-17(15)27/h4-7,10,12-13H,8-9,11H2,1-3H3,(H,30,31,35)/t13-,25-/m0/s1. The molecule has 1 aliphatic carbocycles. The Morgan fingerprint density at radius 3 is 2.72 bits per heavy atom. The average molecular weight is 492 g/mol. The largest absolute Gasteiger partial charge is 0.493 e. The van der Waals surface area contributed by atoms with Crippen LogP contribution in [0.2, 0.25) is 0 Å². The van der Waals surface area contributed by atoms with Crippen molar-refractivity contribution in [2.45, 2.75) is 6.42 Å². The lowest BCUT2D eigenvalue weighted by Gasteiger charge is -2.17. The third-order valence-electron chi connectivity index (χ3n) is 7.07. The Kier molecular flexibility index (Phi) is 5.01. The maximum absolute atomic E-state index is 14.7. The van der Waals surface area contributed by atoms with Crippen LogP contribution in [0.1, 0.15) is 6.42 Å². The van der Waals surface area contributed by atoms with E-state index in [-0.39, 0.29) is 23.0 Å². The molecule has 1 saturated heterocycles. The molecule has 1 amide bonds. The molecule has 11 heteroatoms. The molecule has 3 aromatic heterocycles. The number of carbonyl (C=O) groups is 1. The number of benzene rings is 1. The minimum absolute atomic E-state index is 0.0872. The summed E-state index contributed by atoms with van der Waals surface area (Å²) in [5.74, 6) is -0.528. The van der Waals surface area contributed by atoms with Crippen LogP contribution in [0.5, 0.6) is 5.75 Å². The summed E-state index contributed by atoms with van der Waals surface area (Å²) in [5.41, 5.74) is 1.77. The second-order valence-corrected chi connectivity index (χ2v) is 9.53. The first-order valence-electron chi connectivity index (χ1n) is 11.5. The first-order valence-corrected chi connectivity index (χ1v) is 11.5. The highest BCUT2D eigenvalue weighted by molar-refractivity contribution is 6.01. The van der Waals surface area contributed by atoms with Crippen molar-refractivity contribution < 1.29 is 18.3 Å². The number of rotatable bonds is 5. The number of hydrogen-bond donors (Lipinski definition) is 1. The Hall–Kier alpha value is -3.99. The number of halogens is 2. The van der Waals surface area contributed by atoms with Crippen molar-refractivity contribution >= 4 is 22.8 Å². The first-order chi connectivity index (χ1) is 17.3. The molecule has 9 nitrogen and oxygen atoms in total. The van der Waals surface area contributed by atoms with Gasteiger partial charge in [0, 0.05) is 49.6 Å². The lowest BCUT2D eigenvalue weighted by molar-refractivity contribution is -0.121. The molecule has 2 fully saturated rings. The maximum Gasteiger partial charge on any atom is 0.233 e. The van der Waals surface area contributed by atoms with Gasteiger partial charge in [-0.25, -0.2) is 23.7 Å². The van der Waals surface area contributed by atoms with E-state index in [0.29, 0.717) is 40.5 Å².